The number of halogens is 1. The molecule has 74 valence electrons. The predicted octanol–water partition coefficient (Wildman–Crippen LogP) is 1.94. The Bertz CT molecular complexity index is 400. The molecule has 0 radical (unpaired) electrons. The van der Waals surface area contributed by atoms with Gasteiger partial charge in [-0.05, 0) is 41.3 Å². The van der Waals surface area contributed by atoms with E-state index >= 15 is 0 Å². The van der Waals surface area contributed by atoms with Crippen LogP contribution in [0, 0.1) is 0 Å². The molecule has 0 saturated heterocycles. The molecule has 1 atom stereocenters. The van der Waals surface area contributed by atoms with Gasteiger partial charge in [-0.2, -0.15) is 4.37 Å². The molecule has 1 unspecified atom stereocenters. The van der Waals surface area contributed by atoms with Crippen molar-refractivity contribution < 1.29 is 4.42 Å². The highest BCUT2D eigenvalue weighted by Gasteiger charge is 2.17. The molecular formula is C8H8ClN3OS. The molecular weight excluding hydrogens is 222 g/mol. The second-order valence-corrected chi connectivity index (χ2v) is 3.70. The minimum absolute atomic E-state index is 0.242. The Hall–Kier alpha value is -0.880. The van der Waals surface area contributed by atoms with Crippen molar-refractivity contribution in [3.05, 3.63) is 40.3 Å². The van der Waals surface area contributed by atoms with Crippen LogP contribution in [0.2, 0.25) is 5.22 Å². The minimum Gasteiger partial charge on any atom is -0.448 e. The zero-order valence-electron chi connectivity index (χ0n) is 7.11. The van der Waals surface area contributed by atoms with Crippen molar-refractivity contribution in [2.24, 2.45) is 5.84 Å². The summed E-state index contributed by atoms with van der Waals surface area (Å²) in [6, 6.07) is 5.08. The molecule has 3 N–H and O–H groups in total. The van der Waals surface area contributed by atoms with Crippen molar-refractivity contribution in [3.63, 3.8) is 0 Å². The fraction of sp³-hybridized carbons (Fsp3) is 0.125. The van der Waals surface area contributed by atoms with Crippen LogP contribution in [0.15, 0.2) is 28.0 Å². The molecule has 0 spiro atoms. The number of rotatable bonds is 3. The van der Waals surface area contributed by atoms with Crippen molar-refractivity contribution in [1.29, 1.82) is 0 Å². The van der Waals surface area contributed by atoms with Gasteiger partial charge < -0.3 is 4.42 Å². The molecule has 0 amide bonds. The van der Waals surface area contributed by atoms with E-state index in [1.807, 2.05) is 11.4 Å². The molecule has 2 heterocycles. The number of furan rings is 1. The van der Waals surface area contributed by atoms with Crippen LogP contribution in [-0.4, -0.2) is 4.37 Å². The maximum Gasteiger partial charge on any atom is 0.193 e. The summed E-state index contributed by atoms with van der Waals surface area (Å²) in [5, 5.41) is 2.22. The molecule has 2 aromatic heterocycles. The summed E-state index contributed by atoms with van der Waals surface area (Å²) in [5.74, 6) is 6.07. The van der Waals surface area contributed by atoms with Gasteiger partial charge >= 0.3 is 0 Å². The Kier molecular flexibility index (Phi) is 2.83. The van der Waals surface area contributed by atoms with Crippen molar-refractivity contribution in [3.8, 4) is 0 Å². The van der Waals surface area contributed by atoms with Gasteiger partial charge in [-0.1, -0.05) is 0 Å². The van der Waals surface area contributed by atoms with E-state index in [1.165, 1.54) is 11.5 Å². The maximum absolute atomic E-state index is 5.67. The first kappa shape index (κ1) is 9.67. The number of hydrogen-bond donors (Lipinski definition) is 2. The first-order valence-electron chi connectivity index (χ1n) is 3.93. The Balaban J connectivity index is 2.31. The molecule has 0 saturated carbocycles. The van der Waals surface area contributed by atoms with E-state index in [0.717, 1.165) is 5.69 Å². The van der Waals surface area contributed by atoms with Crippen LogP contribution < -0.4 is 11.3 Å². The topological polar surface area (TPSA) is 64.1 Å². The van der Waals surface area contributed by atoms with Gasteiger partial charge in [0.1, 0.15) is 11.8 Å². The lowest BCUT2D eigenvalue weighted by atomic mass is 10.2. The van der Waals surface area contributed by atoms with Gasteiger partial charge in [-0.25, -0.2) is 5.43 Å². The normalized spacial score (nSPS) is 13.0. The van der Waals surface area contributed by atoms with Gasteiger partial charge in [0, 0.05) is 5.38 Å². The Morgan fingerprint density at radius 2 is 2.36 bits per heavy atom. The van der Waals surface area contributed by atoms with Crippen molar-refractivity contribution in [2.45, 2.75) is 6.04 Å². The molecule has 2 rings (SSSR count). The maximum atomic E-state index is 5.67. The van der Waals surface area contributed by atoms with Crippen LogP contribution >= 0.6 is 23.1 Å². The van der Waals surface area contributed by atoms with Crippen LogP contribution in [-0.2, 0) is 0 Å². The highest BCUT2D eigenvalue weighted by Crippen LogP contribution is 2.24. The first-order valence-corrected chi connectivity index (χ1v) is 5.14. The summed E-state index contributed by atoms with van der Waals surface area (Å²) in [6.45, 7) is 0. The fourth-order valence-corrected chi connectivity index (χ4v) is 1.87. The van der Waals surface area contributed by atoms with E-state index in [2.05, 4.69) is 9.80 Å². The second-order valence-electron chi connectivity index (χ2n) is 2.67. The van der Waals surface area contributed by atoms with E-state index in [1.54, 1.807) is 12.1 Å². The molecule has 0 bridgehead atoms. The SMILES string of the molecule is NNC(c1ccsn1)c1ccc(Cl)o1. The number of nitrogens with zero attached hydrogens (tertiary/aromatic N) is 1. The molecule has 0 fully saturated rings. The smallest absolute Gasteiger partial charge is 0.193 e. The zero-order chi connectivity index (χ0) is 9.97. The lowest BCUT2D eigenvalue weighted by molar-refractivity contribution is 0.450. The second kappa shape index (κ2) is 4.10. The largest absolute Gasteiger partial charge is 0.448 e. The fourth-order valence-electron chi connectivity index (χ4n) is 1.17. The minimum atomic E-state index is -0.242. The summed E-state index contributed by atoms with van der Waals surface area (Å²) in [5.41, 5.74) is 3.45. The summed E-state index contributed by atoms with van der Waals surface area (Å²) >= 11 is 7.03. The van der Waals surface area contributed by atoms with E-state index in [-0.39, 0.29) is 6.04 Å². The van der Waals surface area contributed by atoms with Crippen LogP contribution in [0.1, 0.15) is 17.5 Å². The van der Waals surface area contributed by atoms with Crippen molar-refractivity contribution >= 4 is 23.1 Å². The average Bonchev–Trinajstić information content (AvgIpc) is 2.79. The number of hydrazine groups is 1. The summed E-state index contributed by atoms with van der Waals surface area (Å²) in [6.07, 6.45) is 0. The van der Waals surface area contributed by atoms with Crippen LogP contribution in [0.5, 0.6) is 0 Å². The lowest BCUT2D eigenvalue weighted by Gasteiger charge is -2.09. The summed E-state index contributed by atoms with van der Waals surface area (Å²) in [4.78, 5) is 0. The molecule has 14 heavy (non-hydrogen) atoms. The third-order valence-corrected chi connectivity index (χ3v) is 2.58. The third kappa shape index (κ3) is 1.80. The lowest BCUT2D eigenvalue weighted by Crippen LogP contribution is -2.28. The highest BCUT2D eigenvalue weighted by molar-refractivity contribution is 7.03. The molecule has 0 aliphatic rings. The van der Waals surface area contributed by atoms with Gasteiger partial charge in [-0.3, -0.25) is 5.84 Å². The van der Waals surface area contributed by atoms with Gasteiger partial charge in [-0.15, -0.1) is 0 Å². The first-order chi connectivity index (χ1) is 6.81. The number of nitrogens with two attached hydrogens (primary N) is 1. The highest BCUT2D eigenvalue weighted by atomic mass is 35.5. The molecule has 0 aliphatic carbocycles. The average molecular weight is 230 g/mol. The molecule has 0 aliphatic heterocycles. The zero-order valence-corrected chi connectivity index (χ0v) is 8.68. The van der Waals surface area contributed by atoms with Crippen LogP contribution in [0.4, 0.5) is 0 Å². The number of hydrogen-bond acceptors (Lipinski definition) is 5. The third-order valence-electron chi connectivity index (χ3n) is 1.80. The Morgan fingerprint density at radius 3 is 2.86 bits per heavy atom. The van der Waals surface area contributed by atoms with Gasteiger partial charge in [0.15, 0.2) is 5.22 Å². The number of aromatic nitrogens is 1. The van der Waals surface area contributed by atoms with E-state index < -0.39 is 0 Å². The summed E-state index contributed by atoms with van der Waals surface area (Å²) in [7, 11) is 0. The van der Waals surface area contributed by atoms with Crippen LogP contribution in [0.3, 0.4) is 0 Å². The summed E-state index contributed by atoms with van der Waals surface area (Å²) < 4.78 is 9.42. The van der Waals surface area contributed by atoms with E-state index in [4.69, 9.17) is 21.9 Å². The molecule has 0 aromatic carbocycles. The van der Waals surface area contributed by atoms with Crippen LogP contribution in [0.25, 0.3) is 0 Å². The number of nitrogens with one attached hydrogen (secondary N) is 1. The molecule has 6 heteroatoms. The standard InChI is InChI=1S/C8H8ClN3OS/c9-7-2-1-6(13-7)8(11-10)5-3-4-14-12-5/h1-4,8,11H,10H2. The Labute approximate surface area is 89.8 Å². The van der Waals surface area contributed by atoms with Gasteiger partial charge in [0.05, 0.1) is 5.69 Å². The van der Waals surface area contributed by atoms with Crippen molar-refractivity contribution in [2.75, 3.05) is 0 Å². The quantitative estimate of drug-likeness (QED) is 0.624. The van der Waals surface area contributed by atoms with Gasteiger partial charge in [0.25, 0.3) is 0 Å². The monoisotopic (exact) mass is 229 g/mol. The van der Waals surface area contributed by atoms with Crippen molar-refractivity contribution in [1.82, 2.24) is 9.80 Å². The Morgan fingerprint density at radius 1 is 1.50 bits per heavy atom. The molecule has 2 aromatic rings. The predicted molar refractivity (Wildman–Crippen MR) is 55.0 cm³/mol. The van der Waals surface area contributed by atoms with Gasteiger partial charge in [0.2, 0.25) is 0 Å². The van der Waals surface area contributed by atoms with E-state index in [0.29, 0.717) is 11.0 Å². The van der Waals surface area contributed by atoms with E-state index in [9.17, 15) is 0 Å². The molecule has 4 nitrogen and oxygen atoms in total.